The monoisotopic (exact) mass is 417 g/mol. The summed E-state index contributed by atoms with van der Waals surface area (Å²) >= 11 is 0. The molecular formula is C19H22F3NO6. The Hall–Kier alpha value is -2.62. The van der Waals surface area contributed by atoms with Gasteiger partial charge in [0.15, 0.2) is 5.78 Å². The van der Waals surface area contributed by atoms with E-state index in [-0.39, 0.29) is 6.54 Å². The Balaban J connectivity index is 2.42. The zero-order valence-electron chi connectivity index (χ0n) is 16.4. The third-order valence-electron chi connectivity index (χ3n) is 4.36. The Morgan fingerprint density at radius 1 is 1.17 bits per heavy atom. The van der Waals surface area contributed by atoms with Gasteiger partial charge in [0.05, 0.1) is 20.1 Å². The maximum Gasteiger partial charge on any atom is 0.428 e. The Morgan fingerprint density at radius 3 is 2.28 bits per heavy atom. The standard InChI is InChI=1S/C19H22F3NO6/c1-17(2,3)29-16(26)23-10-11-7-5-6-8-12(11)14(23)13(24)9-18(27,15(25)28-4)19(20,21)22/h5-8,14,27H,9-10H2,1-4H3. The number of carbonyl (C=O) groups is 3. The van der Waals surface area contributed by atoms with Crippen LogP contribution in [0.3, 0.4) is 0 Å². The van der Waals surface area contributed by atoms with E-state index < -0.39 is 47.7 Å². The zero-order valence-corrected chi connectivity index (χ0v) is 16.4. The highest BCUT2D eigenvalue weighted by molar-refractivity contribution is 5.95. The smallest absolute Gasteiger partial charge is 0.428 e. The van der Waals surface area contributed by atoms with E-state index in [1.165, 1.54) is 6.07 Å². The quantitative estimate of drug-likeness (QED) is 0.758. The number of methoxy groups -OCH3 is 1. The highest BCUT2D eigenvalue weighted by atomic mass is 19.4. The zero-order chi connectivity index (χ0) is 22.2. The number of ether oxygens (including phenoxy) is 2. The Morgan fingerprint density at radius 2 is 1.76 bits per heavy atom. The summed E-state index contributed by atoms with van der Waals surface area (Å²) in [6, 6.07) is 4.89. The number of aliphatic hydroxyl groups is 1. The van der Waals surface area contributed by atoms with E-state index in [0.29, 0.717) is 18.2 Å². The van der Waals surface area contributed by atoms with Crippen LogP contribution in [0.1, 0.15) is 44.4 Å². The van der Waals surface area contributed by atoms with Crippen LogP contribution in [0.5, 0.6) is 0 Å². The van der Waals surface area contributed by atoms with Gasteiger partial charge in [-0.2, -0.15) is 13.2 Å². The fourth-order valence-electron chi connectivity index (χ4n) is 3.03. The number of halogens is 3. The molecule has 1 N–H and O–H groups in total. The molecule has 0 aliphatic carbocycles. The van der Waals surface area contributed by atoms with E-state index >= 15 is 0 Å². The molecule has 0 radical (unpaired) electrons. The number of hydrogen-bond donors (Lipinski definition) is 1. The molecule has 1 aliphatic rings. The maximum absolute atomic E-state index is 13.4. The van der Waals surface area contributed by atoms with Gasteiger partial charge < -0.3 is 14.6 Å². The number of benzene rings is 1. The van der Waals surface area contributed by atoms with Crippen LogP contribution >= 0.6 is 0 Å². The molecule has 2 atom stereocenters. The van der Waals surface area contributed by atoms with E-state index in [1.54, 1.807) is 39.0 Å². The second-order valence-corrected chi connectivity index (χ2v) is 7.70. The van der Waals surface area contributed by atoms with Crippen molar-refractivity contribution in [1.29, 1.82) is 0 Å². The molecule has 7 nitrogen and oxygen atoms in total. The minimum atomic E-state index is -5.45. The van der Waals surface area contributed by atoms with Crippen LogP contribution in [0.2, 0.25) is 0 Å². The van der Waals surface area contributed by atoms with Gasteiger partial charge in [0.1, 0.15) is 11.6 Å². The lowest BCUT2D eigenvalue weighted by Gasteiger charge is -2.31. The van der Waals surface area contributed by atoms with Crippen molar-refractivity contribution in [3.63, 3.8) is 0 Å². The van der Waals surface area contributed by atoms with E-state index in [2.05, 4.69) is 4.74 Å². The average Bonchev–Trinajstić information content (AvgIpc) is 2.98. The topological polar surface area (TPSA) is 93.1 Å². The van der Waals surface area contributed by atoms with Crippen molar-refractivity contribution in [3.8, 4) is 0 Å². The van der Waals surface area contributed by atoms with Crippen LogP contribution in [-0.2, 0) is 25.6 Å². The second kappa shape index (κ2) is 7.66. The fourth-order valence-corrected chi connectivity index (χ4v) is 3.03. The van der Waals surface area contributed by atoms with Gasteiger partial charge in [-0.1, -0.05) is 24.3 Å². The molecule has 1 aromatic rings. The lowest BCUT2D eigenvalue weighted by atomic mass is 9.90. The number of amides is 1. The van der Waals surface area contributed by atoms with Gasteiger partial charge in [-0.05, 0) is 31.9 Å². The van der Waals surface area contributed by atoms with Gasteiger partial charge >= 0.3 is 18.2 Å². The fraction of sp³-hybridized carbons (Fsp3) is 0.526. The van der Waals surface area contributed by atoms with E-state index in [9.17, 15) is 32.7 Å². The van der Waals surface area contributed by atoms with Crippen LogP contribution < -0.4 is 0 Å². The molecule has 1 heterocycles. The molecule has 0 saturated carbocycles. The first-order valence-electron chi connectivity index (χ1n) is 8.69. The molecule has 10 heteroatoms. The number of hydrogen-bond acceptors (Lipinski definition) is 6. The molecule has 0 saturated heterocycles. The molecule has 1 aliphatic heterocycles. The number of fused-ring (bicyclic) bond motifs is 1. The summed E-state index contributed by atoms with van der Waals surface area (Å²) < 4.78 is 49.4. The van der Waals surface area contributed by atoms with Crippen molar-refractivity contribution in [2.45, 2.75) is 57.2 Å². The Bertz CT molecular complexity index is 817. The molecular weight excluding hydrogens is 395 g/mol. The van der Waals surface area contributed by atoms with Crippen molar-refractivity contribution in [2.75, 3.05) is 7.11 Å². The SMILES string of the molecule is COC(=O)C(O)(CC(=O)C1c2ccccc2CN1C(=O)OC(C)(C)C)C(F)(F)F. The Kier molecular flexibility index (Phi) is 5.99. The first kappa shape index (κ1) is 22.7. The summed E-state index contributed by atoms with van der Waals surface area (Å²) in [7, 11) is 0.668. The number of alkyl halides is 3. The van der Waals surface area contributed by atoms with Gasteiger partial charge in [-0.3, -0.25) is 9.69 Å². The van der Waals surface area contributed by atoms with Crippen LogP contribution in [0, 0.1) is 0 Å². The number of carbonyl (C=O) groups excluding carboxylic acids is 3. The molecule has 0 spiro atoms. The third-order valence-corrected chi connectivity index (χ3v) is 4.36. The van der Waals surface area contributed by atoms with Crippen LogP contribution in [0.15, 0.2) is 24.3 Å². The highest BCUT2D eigenvalue weighted by Gasteiger charge is 2.62. The molecule has 0 aromatic heterocycles. The molecule has 1 amide bonds. The van der Waals surface area contributed by atoms with Crippen molar-refractivity contribution in [1.82, 2.24) is 4.90 Å². The van der Waals surface area contributed by atoms with Crippen LogP contribution in [-0.4, -0.2) is 52.3 Å². The summed E-state index contributed by atoms with van der Waals surface area (Å²) in [5.74, 6) is -3.18. The van der Waals surface area contributed by atoms with Crippen molar-refractivity contribution >= 4 is 17.8 Å². The third kappa shape index (κ3) is 4.52. The second-order valence-electron chi connectivity index (χ2n) is 7.70. The molecule has 1 aromatic carbocycles. The normalized spacial score (nSPS) is 18.6. The minimum Gasteiger partial charge on any atom is -0.467 e. The number of ketones is 1. The highest BCUT2D eigenvalue weighted by Crippen LogP contribution is 2.40. The van der Waals surface area contributed by atoms with Crippen molar-refractivity contribution < 1.29 is 42.1 Å². The van der Waals surface area contributed by atoms with E-state index in [1.807, 2.05) is 0 Å². The van der Waals surface area contributed by atoms with Gasteiger partial charge in [0.2, 0.25) is 0 Å². The summed E-state index contributed by atoms with van der Waals surface area (Å²) in [6.07, 6.45) is -7.97. The number of esters is 1. The van der Waals surface area contributed by atoms with Crippen LogP contribution in [0.25, 0.3) is 0 Å². The first-order chi connectivity index (χ1) is 13.2. The summed E-state index contributed by atoms with van der Waals surface area (Å²) in [4.78, 5) is 38.0. The van der Waals surface area contributed by atoms with Crippen molar-refractivity contribution in [3.05, 3.63) is 35.4 Å². The molecule has 160 valence electrons. The Labute approximate surface area is 165 Å². The van der Waals surface area contributed by atoms with E-state index in [4.69, 9.17) is 4.74 Å². The van der Waals surface area contributed by atoms with Gasteiger partial charge in [0, 0.05) is 0 Å². The molecule has 0 fully saturated rings. The maximum atomic E-state index is 13.4. The average molecular weight is 417 g/mol. The van der Waals surface area contributed by atoms with Crippen molar-refractivity contribution in [2.24, 2.45) is 0 Å². The minimum absolute atomic E-state index is 0.0653. The van der Waals surface area contributed by atoms with Gasteiger partial charge in [-0.15, -0.1) is 0 Å². The predicted molar refractivity (Wildman–Crippen MR) is 93.6 cm³/mol. The molecule has 29 heavy (non-hydrogen) atoms. The molecule has 2 rings (SSSR count). The molecule has 2 unspecified atom stereocenters. The van der Waals surface area contributed by atoms with Crippen LogP contribution in [0.4, 0.5) is 18.0 Å². The number of rotatable bonds is 4. The number of nitrogens with zero attached hydrogens (tertiary/aromatic N) is 1. The van der Waals surface area contributed by atoms with Gasteiger partial charge in [-0.25, -0.2) is 9.59 Å². The lowest BCUT2D eigenvalue weighted by molar-refractivity contribution is -0.262. The summed E-state index contributed by atoms with van der Waals surface area (Å²) in [5.41, 5.74) is -4.09. The first-order valence-corrected chi connectivity index (χ1v) is 8.69. The summed E-state index contributed by atoms with van der Waals surface area (Å²) in [5, 5.41) is 9.95. The van der Waals surface area contributed by atoms with E-state index in [0.717, 1.165) is 4.90 Å². The lowest BCUT2D eigenvalue weighted by Crippen LogP contribution is -2.55. The number of Topliss-reactive ketones (excluding diaryl/α,β-unsaturated/α-hetero) is 1. The summed E-state index contributed by atoms with van der Waals surface area (Å²) in [6.45, 7) is 4.74. The molecule has 0 bridgehead atoms. The predicted octanol–water partition coefficient (Wildman–Crippen LogP) is 2.90. The largest absolute Gasteiger partial charge is 0.467 e. The van der Waals surface area contributed by atoms with Gasteiger partial charge in [0.25, 0.3) is 5.60 Å².